The van der Waals surface area contributed by atoms with Crippen LogP contribution in [0.15, 0.2) is 0 Å². The van der Waals surface area contributed by atoms with Crippen LogP contribution >= 0.6 is 0 Å². The highest BCUT2D eigenvalue weighted by atomic mass is 15.1. The van der Waals surface area contributed by atoms with Gasteiger partial charge in [0, 0.05) is 0 Å². The Kier molecular flexibility index (Phi) is 25.7. The SMILES string of the molecule is CC.CC.CCN(C)CCC(C)C. The molecule has 0 bridgehead atoms. The maximum absolute atomic E-state index is 2.35. The van der Waals surface area contributed by atoms with E-state index in [-0.39, 0.29) is 0 Å². The van der Waals surface area contributed by atoms with E-state index in [1.807, 2.05) is 27.7 Å². The first-order valence-corrected chi connectivity index (χ1v) is 5.85. The molecule has 0 atom stereocenters. The van der Waals surface area contributed by atoms with Crippen molar-refractivity contribution in [1.29, 1.82) is 0 Å². The Hall–Kier alpha value is -0.0400. The molecule has 0 rings (SSSR count). The molecule has 0 spiro atoms. The first-order valence-electron chi connectivity index (χ1n) is 5.85. The van der Waals surface area contributed by atoms with Gasteiger partial charge in [-0.15, -0.1) is 0 Å². The van der Waals surface area contributed by atoms with Crippen LogP contribution < -0.4 is 0 Å². The minimum atomic E-state index is 0.846. The fourth-order valence-electron chi connectivity index (χ4n) is 0.637. The summed E-state index contributed by atoms with van der Waals surface area (Å²) in [5, 5.41) is 0. The maximum atomic E-state index is 2.35. The van der Waals surface area contributed by atoms with E-state index in [1.54, 1.807) is 0 Å². The predicted octanol–water partition coefficient (Wildman–Crippen LogP) is 4.04. The van der Waals surface area contributed by atoms with Crippen LogP contribution in [0.1, 0.15) is 54.9 Å². The van der Waals surface area contributed by atoms with Crippen molar-refractivity contribution in [3.8, 4) is 0 Å². The lowest BCUT2D eigenvalue weighted by Crippen LogP contribution is -2.19. The second-order valence-electron chi connectivity index (χ2n) is 3.08. The summed E-state index contributed by atoms with van der Waals surface area (Å²) in [5.41, 5.74) is 0. The molecule has 0 unspecified atom stereocenters. The lowest BCUT2D eigenvalue weighted by atomic mass is 10.1. The van der Waals surface area contributed by atoms with Crippen LogP contribution in [0.2, 0.25) is 0 Å². The standard InChI is InChI=1S/C8H19N.2C2H6/c1-5-9(4)7-6-8(2)3;2*1-2/h8H,5-7H2,1-4H3;2*1-2H3. The second-order valence-corrected chi connectivity index (χ2v) is 3.08. The van der Waals surface area contributed by atoms with E-state index >= 15 is 0 Å². The Morgan fingerprint density at radius 3 is 1.62 bits per heavy atom. The molecule has 0 saturated carbocycles. The predicted molar refractivity (Wildman–Crippen MR) is 65.3 cm³/mol. The normalized spacial score (nSPS) is 8.77. The molecule has 0 radical (unpaired) electrons. The Bertz CT molecular complexity index is 60.1. The monoisotopic (exact) mass is 189 g/mol. The van der Waals surface area contributed by atoms with Crippen molar-refractivity contribution in [3.63, 3.8) is 0 Å². The van der Waals surface area contributed by atoms with E-state index in [2.05, 4.69) is 32.7 Å². The number of rotatable bonds is 4. The molecule has 0 heterocycles. The van der Waals surface area contributed by atoms with Gasteiger partial charge in [0.1, 0.15) is 0 Å². The van der Waals surface area contributed by atoms with Gasteiger partial charge in [-0.25, -0.2) is 0 Å². The summed E-state index contributed by atoms with van der Waals surface area (Å²) >= 11 is 0. The highest BCUT2D eigenvalue weighted by Crippen LogP contribution is 1.99. The molecule has 0 amide bonds. The molecule has 0 aromatic carbocycles. The third kappa shape index (κ3) is 24.5. The van der Waals surface area contributed by atoms with Gasteiger partial charge in [-0.2, -0.15) is 0 Å². The Morgan fingerprint density at radius 1 is 1.00 bits per heavy atom. The molecule has 1 heteroatoms. The molecular weight excluding hydrogens is 158 g/mol. The summed E-state index contributed by atoms with van der Waals surface area (Å²) < 4.78 is 0. The first-order chi connectivity index (χ1) is 6.16. The van der Waals surface area contributed by atoms with Gasteiger partial charge >= 0.3 is 0 Å². The van der Waals surface area contributed by atoms with Crippen LogP contribution in [0.25, 0.3) is 0 Å². The van der Waals surface area contributed by atoms with Crippen LogP contribution in [0.5, 0.6) is 0 Å². The molecule has 0 aliphatic carbocycles. The first kappa shape index (κ1) is 18.7. The van der Waals surface area contributed by atoms with Gasteiger partial charge in [-0.05, 0) is 32.5 Å². The molecule has 0 saturated heterocycles. The average molecular weight is 189 g/mol. The van der Waals surface area contributed by atoms with Crippen LogP contribution in [0.4, 0.5) is 0 Å². The summed E-state index contributed by atoms with van der Waals surface area (Å²) in [5.74, 6) is 0.846. The highest BCUT2D eigenvalue weighted by molar-refractivity contribution is 4.50. The zero-order chi connectivity index (χ0) is 11.3. The van der Waals surface area contributed by atoms with Gasteiger partial charge in [0.15, 0.2) is 0 Å². The number of hydrogen-bond donors (Lipinski definition) is 0. The molecule has 13 heavy (non-hydrogen) atoms. The maximum Gasteiger partial charge on any atom is -0.00195 e. The second kappa shape index (κ2) is 17.9. The van der Waals surface area contributed by atoms with E-state index in [1.165, 1.54) is 19.5 Å². The fourth-order valence-corrected chi connectivity index (χ4v) is 0.637. The minimum Gasteiger partial charge on any atom is -0.307 e. The largest absolute Gasteiger partial charge is 0.307 e. The molecule has 0 aliphatic heterocycles. The topological polar surface area (TPSA) is 3.24 Å². The zero-order valence-electron chi connectivity index (χ0n) is 11.1. The van der Waals surface area contributed by atoms with E-state index in [9.17, 15) is 0 Å². The lowest BCUT2D eigenvalue weighted by Gasteiger charge is -2.14. The Labute approximate surface area is 86.5 Å². The summed E-state index contributed by atoms with van der Waals surface area (Å²) in [6, 6.07) is 0. The summed E-state index contributed by atoms with van der Waals surface area (Å²) in [4.78, 5) is 2.35. The lowest BCUT2D eigenvalue weighted by molar-refractivity contribution is 0.326. The van der Waals surface area contributed by atoms with E-state index < -0.39 is 0 Å². The van der Waals surface area contributed by atoms with E-state index in [4.69, 9.17) is 0 Å². The van der Waals surface area contributed by atoms with Crippen molar-refractivity contribution in [2.24, 2.45) is 5.92 Å². The van der Waals surface area contributed by atoms with Crippen molar-refractivity contribution in [1.82, 2.24) is 4.90 Å². The van der Waals surface area contributed by atoms with Crippen molar-refractivity contribution >= 4 is 0 Å². The molecule has 0 fully saturated rings. The highest BCUT2D eigenvalue weighted by Gasteiger charge is 1.96. The van der Waals surface area contributed by atoms with Gasteiger partial charge < -0.3 is 4.90 Å². The third-order valence-corrected chi connectivity index (χ3v) is 1.63. The van der Waals surface area contributed by atoms with E-state index in [0.717, 1.165) is 5.92 Å². The molecule has 0 aliphatic rings. The molecule has 0 N–H and O–H groups in total. The van der Waals surface area contributed by atoms with E-state index in [0.29, 0.717) is 0 Å². The van der Waals surface area contributed by atoms with Crippen molar-refractivity contribution in [2.45, 2.75) is 54.9 Å². The van der Waals surface area contributed by atoms with Gasteiger partial charge in [0.2, 0.25) is 0 Å². The van der Waals surface area contributed by atoms with Crippen molar-refractivity contribution in [2.75, 3.05) is 20.1 Å². The van der Waals surface area contributed by atoms with Gasteiger partial charge in [0.05, 0.1) is 0 Å². The van der Waals surface area contributed by atoms with Gasteiger partial charge in [0.25, 0.3) is 0 Å². The number of nitrogens with zero attached hydrogens (tertiary/aromatic N) is 1. The average Bonchev–Trinajstić information content (AvgIpc) is 2.20. The third-order valence-electron chi connectivity index (χ3n) is 1.63. The summed E-state index contributed by atoms with van der Waals surface area (Å²) in [7, 11) is 2.17. The molecule has 0 aromatic heterocycles. The van der Waals surface area contributed by atoms with Crippen molar-refractivity contribution < 1.29 is 0 Å². The smallest absolute Gasteiger partial charge is 0.00195 e. The summed E-state index contributed by atoms with van der Waals surface area (Å²) in [6.45, 7) is 17.1. The minimum absolute atomic E-state index is 0.846. The van der Waals surface area contributed by atoms with Gasteiger partial charge in [-0.1, -0.05) is 48.5 Å². The molecule has 84 valence electrons. The van der Waals surface area contributed by atoms with Crippen LogP contribution in [-0.4, -0.2) is 25.0 Å². The number of hydrogen-bond acceptors (Lipinski definition) is 1. The zero-order valence-corrected chi connectivity index (χ0v) is 11.1. The molecular formula is C12H31N. The van der Waals surface area contributed by atoms with Crippen LogP contribution in [0.3, 0.4) is 0 Å². The summed E-state index contributed by atoms with van der Waals surface area (Å²) in [6.07, 6.45) is 1.32. The van der Waals surface area contributed by atoms with Gasteiger partial charge in [-0.3, -0.25) is 0 Å². The Balaban J connectivity index is -0.000000218. The Morgan fingerprint density at radius 2 is 1.38 bits per heavy atom. The van der Waals surface area contributed by atoms with Crippen LogP contribution in [0, 0.1) is 5.92 Å². The fraction of sp³-hybridized carbons (Fsp3) is 1.00. The van der Waals surface area contributed by atoms with Crippen molar-refractivity contribution in [3.05, 3.63) is 0 Å². The van der Waals surface area contributed by atoms with Crippen LogP contribution in [-0.2, 0) is 0 Å². The molecule has 0 aromatic rings. The quantitative estimate of drug-likeness (QED) is 0.645. The molecule has 1 nitrogen and oxygen atoms in total.